The zero-order valence-electron chi connectivity index (χ0n) is 17.5. The highest BCUT2D eigenvalue weighted by molar-refractivity contribution is 7.12. The van der Waals surface area contributed by atoms with Crippen molar-refractivity contribution in [3.63, 3.8) is 0 Å². The number of fused-ring (bicyclic) bond motifs is 2. The minimum Gasteiger partial charge on any atom is -0.508 e. The second-order valence-electron chi connectivity index (χ2n) is 8.01. The number of phenols is 1. The lowest BCUT2D eigenvalue weighted by Crippen LogP contribution is -2.51. The summed E-state index contributed by atoms with van der Waals surface area (Å²) in [4.78, 5) is 41.0. The van der Waals surface area contributed by atoms with Crippen molar-refractivity contribution in [2.24, 2.45) is 0 Å². The number of nitrogens with one attached hydrogen (secondary N) is 2. The average molecular weight is 460 g/mol. The number of carbonyl (C=O) groups excluding carboxylic acids is 3. The van der Waals surface area contributed by atoms with Gasteiger partial charge in [0.15, 0.2) is 0 Å². The molecule has 0 unspecified atom stereocenters. The van der Waals surface area contributed by atoms with Crippen LogP contribution in [0.5, 0.6) is 5.75 Å². The number of thiophene rings is 1. The van der Waals surface area contributed by atoms with Gasteiger partial charge in [-0.05, 0) is 53.3 Å². The number of rotatable bonds is 4. The highest BCUT2D eigenvalue weighted by atomic mass is 32.1. The zero-order valence-corrected chi connectivity index (χ0v) is 18.3. The fraction of sp³-hybridized carbons (Fsp3) is 0.160. The number of anilines is 1. The smallest absolute Gasteiger partial charge is 0.261 e. The van der Waals surface area contributed by atoms with Gasteiger partial charge in [-0.2, -0.15) is 0 Å². The second kappa shape index (κ2) is 8.55. The first-order valence-corrected chi connectivity index (χ1v) is 11.4. The summed E-state index contributed by atoms with van der Waals surface area (Å²) in [5.41, 5.74) is 2.60. The first-order valence-electron chi connectivity index (χ1n) is 10.6. The van der Waals surface area contributed by atoms with Crippen LogP contribution in [-0.4, -0.2) is 46.4 Å². The van der Waals surface area contributed by atoms with Crippen molar-refractivity contribution in [3.8, 4) is 5.75 Å². The molecule has 3 amide bonds. The number of nitrogens with zero attached hydrogens (tertiary/aromatic N) is 1. The van der Waals surface area contributed by atoms with Gasteiger partial charge in [-0.1, -0.05) is 36.4 Å². The molecule has 0 radical (unpaired) electrons. The molecule has 166 valence electrons. The molecule has 0 aliphatic carbocycles. The number of amides is 3. The zero-order chi connectivity index (χ0) is 22.9. The summed E-state index contributed by atoms with van der Waals surface area (Å²) in [6, 6.07) is 14.4. The fourth-order valence-electron chi connectivity index (χ4n) is 4.23. The highest BCUT2D eigenvalue weighted by Crippen LogP contribution is 2.30. The van der Waals surface area contributed by atoms with Gasteiger partial charge < -0.3 is 20.6 Å². The van der Waals surface area contributed by atoms with Crippen LogP contribution in [0.4, 0.5) is 5.69 Å². The normalized spacial score (nSPS) is 19.7. The van der Waals surface area contributed by atoms with E-state index in [9.17, 15) is 19.5 Å². The molecule has 2 aromatic carbocycles. The lowest BCUT2D eigenvalue weighted by Gasteiger charge is -2.24. The number of benzene rings is 2. The Hall–Kier alpha value is -3.91. The second-order valence-corrected chi connectivity index (χ2v) is 8.96. The molecule has 1 aromatic heterocycles. The SMILES string of the molecule is O=C(N[C@@H]1CCN2C(=O)c3cc(C=Cc4ccc(O)cc4)ccc3NC(=O)[C@H]12)c1cccs1. The van der Waals surface area contributed by atoms with Gasteiger partial charge in [-0.3, -0.25) is 14.4 Å². The van der Waals surface area contributed by atoms with E-state index in [-0.39, 0.29) is 23.5 Å². The van der Waals surface area contributed by atoms with Crippen molar-refractivity contribution in [1.29, 1.82) is 0 Å². The van der Waals surface area contributed by atoms with E-state index in [2.05, 4.69) is 10.6 Å². The van der Waals surface area contributed by atoms with E-state index in [1.807, 2.05) is 23.6 Å². The number of hydrogen-bond donors (Lipinski definition) is 3. The maximum atomic E-state index is 13.4. The third-order valence-corrected chi connectivity index (χ3v) is 6.75. The van der Waals surface area contributed by atoms with Gasteiger partial charge in [0, 0.05) is 6.54 Å². The summed E-state index contributed by atoms with van der Waals surface area (Å²) < 4.78 is 0. The summed E-state index contributed by atoms with van der Waals surface area (Å²) in [5, 5.41) is 17.0. The van der Waals surface area contributed by atoms with Crippen LogP contribution in [0, 0.1) is 0 Å². The van der Waals surface area contributed by atoms with E-state index >= 15 is 0 Å². The Morgan fingerprint density at radius 2 is 1.85 bits per heavy atom. The van der Waals surface area contributed by atoms with Crippen molar-refractivity contribution in [2.45, 2.75) is 18.5 Å². The average Bonchev–Trinajstić information content (AvgIpc) is 3.47. The molecule has 2 aliphatic heterocycles. The topological polar surface area (TPSA) is 98.7 Å². The number of carbonyl (C=O) groups is 3. The maximum absolute atomic E-state index is 13.4. The highest BCUT2D eigenvalue weighted by Gasteiger charge is 2.45. The van der Waals surface area contributed by atoms with Gasteiger partial charge in [0.25, 0.3) is 11.8 Å². The predicted molar refractivity (Wildman–Crippen MR) is 127 cm³/mol. The molecule has 0 saturated carbocycles. The Labute approximate surface area is 194 Å². The van der Waals surface area contributed by atoms with E-state index in [4.69, 9.17) is 0 Å². The van der Waals surface area contributed by atoms with Crippen LogP contribution in [-0.2, 0) is 4.79 Å². The van der Waals surface area contributed by atoms with Crippen molar-refractivity contribution >= 4 is 46.9 Å². The minimum absolute atomic E-state index is 0.198. The first kappa shape index (κ1) is 21.0. The number of phenolic OH excluding ortho intramolecular Hbond substituents is 1. The standard InChI is InChI=1S/C25H21N3O4S/c29-17-8-5-15(6-9-17)3-4-16-7-10-19-18(14-16)25(32)28-12-11-20(22(28)24(31)26-19)27-23(30)21-2-1-13-33-21/h1-10,13-14,20,22,29H,11-12H2,(H,26,31)(H,27,30)/t20-,22+/m1/s1. The lowest BCUT2D eigenvalue weighted by atomic mass is 10.1. The molecular weight excluding hydrogens is 438 g/mol. The molecule has 1 fully saturated rings. The van der Waals surface area contributed by atoms with Crippen LogP contribution in [0.25, 0.3) is 12.2 Å². The Balaban J connectivity index is 1.38. The van der Waals surface area contributed by atoms with E-state index in [0.717, 1.165) is 11.1 Å². The molecule has 3 heterocycles. The Bertz CT molecular complexity index is 1250. The molecule has 33 heavy (non-hydrogen) atoms. The molecule has 0 bridgehead atoms. The number of aromatic hydroxyl groups is 1. The summed E-state index contributed by atoms with van der Waals surface area (Å²) in [7, 11) is 0. The van der Waals surface area contributed by atoms with Crippen molar-refractivity contribution in [1.82, 2.24) is 10.2 Å². The van der Waals surface area contributed by atoms with Crippen LogP contribution in [0.3, 0.4) is 0 Å². The predicted octanol–water partition coefficient (Wildman–Crippen LogP) is 3.59. The molecule has 8 heteroatoms. The summed E-state index contributed by atoms with van der Waals surface area (Å²) in [5.74, 6) is -0.575. The van der Waals surface area contributed by atoms with Crippen LogP contribution < -0.4 is 10.6 Å². The maximum Gasteiger partial charge on any atom is 0.261 e. The number of hydrogen-bond acceptors (Lipinski definition) is 5. The van der Waals surface area contributed by atoms with Gasteiger partial charge in [0.1, 0.15) is 11.8 Å². The fourth-order valence-corrected chi connectivity index (χ4v) is 4.86. The first-order chi connectivity index (χ1) is 16.0. The minimum atomic E-state index is -0.759. The van der Waals surface area contributed by atoms with E-state index in [0.29, 0.717) is 29.1 Å². The van der Waals surface area contributed by atoms with Gasteiger partial charge in [-0.25, -0.2) is 0 Å². The van der Waals surface area contributed by atoms with Crippen LogP contribution >= 0.6 is 11.3 Å². The Morgan fingerprint density at radius 1 is 1.09 bits per heavy atom. The molecule has 3 N–H and O–H groups in total. The molecule has 7 nitrogen and oxygen atoms in total. The Kier molecular flexibility index (Phi) is 5.43. The molecule has 2 atom stereocenters. The quantitative estimate of drug-likeness (QED) is 0.519. The van der Waals surface area contributed by atoms with Gasteiger partial charge in [0.05, 0.1) is 22.2 Å². The van der Waals surface area contributed by atoms with E-state index in [1.165, 1.54) is 11.3 Å². The Morgan fingerprint density at radius 3 is 2.61 bits per heavy atom. The van der Waals surface area contributed by atoms with Crippen LogP contribution in [0.1, 0.15) is 37.6 Å². The summed E-state index contributed by atoms with van der Waals surface area (Å²) in [6.07, 6.45) is 4.27. The molecule has 1 saturated heterocycles. The summed E-state index contributed by atoms with van der Waals surface area (Å²) >= 11 is 1.33. The van der Waals surface area contributed by atoms with Gasteiger partial charge in [-0.15, -0.1) is 11.3 Å². The lowest BCUT2D eigenvalue weighted by molar-refractivity contribution is -0.120. The summed E-state index contributed by atoms with van der Waals surface area (Å²) in [6.45, 7) is 0.388. The van der Waals surface area contributed by atoms with E-state index in [1.54, 1.807) is 53.4 Å². The third kappa shape index (κ3) is 4.12. The monoisotopic (exact) mass is 459 g/mol. The van der Waals surface area contributed by atoms with Gasteiger partial charge in [0.2, 0.25) is 5.91 Å². The van der Waals surface area contributed by atoms with Crippen molar-refractivity contribution < 1.29 is 19.5 Å². The van der Waals surface area contributed by atoms with Crippen molar-refractivity contribution in [2.75, 3.05) is 11.9 Å². The molecule has 5 rings (SSSR count). The molecular formula is C25H21N3O4S. The van der Waals surface area contributed by atoms with E-state index < -0.39 is 12.1 Å². The van der Waals surface area contributed by atoms with Gasteiger partial charge >= 0.3 is 0 Å². The van der Waals surface area contributed by atoms with Crippen molar-refractivity contribution in [3.05, 3.63) is 81.5 Å². The molecule has 3 aromatic rings. The molecule has 2 aliphatic rings. The largest absolute Gasteiger partial charge is 0.508 e. The molecule has 0 spiro atoms. The van der Waals surface area contributed by atoms with Crippen LogP contribution in [0.15, 0.2) is 60.0 Å². The third-order valence-electron chi connectivity index (χ3n) is 5.88. The van der Waals surface area contributed by atoms with Crippen LogP contribution in [0.2, 0.25) is 0 Å².